The number of amides is 1. The van der Waals surface area contributed by atoms with E-state index in [0.717, 1.165) is 16.7 Å². The zero-order valence-electron chi connectivity index (χ0n) is 16.1. The predicted octanol–water partition coefficient (Wildman–Crippen LogP) is 2.70. The van der Waals surface area contributed by atoms with Crippen molar-refractivity contribution in [2.45, 2.75) is 6.61 Å². The Bertz CT molecular complexity index is 1300. The van der Waals surface area contributed by atoms with Crippen molar-refractivity contribution in [1.29, 1.82) is 5.26 Å². The summed E-state index contributed by atoms with van der Waals surface area (Å²) in [7, 11) is 1.84. The molecule has 0 aromatic carbocycles. The summed E-state index contributed by atoms with van der Waals surface area (Å²) < 4.78 is 9.38. The third-order valence-corrected chi connectivity index (χ3v) is 4.38. The lowest BCUT2D eigenvalue weighted by Crippen LogP contribution is -2.08. The van der Waals surface area contributed by atoms with Crippen LogP contribution in [-0.4, -0.2) is 30.3 Å². The average Bonchev–Trinajstić information content (AvgIpc) is 3.38. The molecule has 1 N–H and O–H groups in total. The largest absolute Gasteiger partial charge is 0.487 e. The van der Waals surface area contributed by atoms with Crippen LogP contribution in [0.5, 0.6) is 5.75 Å². The van der Waals surface area contributed by atoms with Gasteiger partial charge < -0.3 is 10.1 Å². The lowest BCUT2D eigenvalue weighted by Gasteiger charge is -2.11. The van der Waals surface area contributed by atoms with Gasteiger partial charge in [-0.3, -0.25) is 14.5 Å². The molecule has 0 bridgehead atoms. The summed E-state index contributed by atoms with van der Waals surface area (Å²) in [5.74, 6) is 0.185. The van der Waals surface area contributed by atoms with E-state index in [0.29, 0.717) is 22.5 Å². The molecular weight excluding hydrogens is 382 g/mol. The van der Waals surface area contributed by atoms with Gasteiger partial charge in [-0.1, -0.05) is 6.58 Å². The molecule has 4 heterocycles. The lowest BCUT2D eigenvalue weighted by atomic mass is 10.1. The number of aromatic nitrogens is 5. The third-order valence-electron chi connectivity index (χ3n) is 4.38. The van der Waals surface area contributed by atoms with Crippen molar-refractivity contribution in [3.8, 4) is 22.9 Å². The monoisotopic (exact) mass is 399 g/mol. The van der Waals surface area contributed by atoms with Gasteiger partial charge >= 0.3 is 0 Å². The van der Waals surface area contributed by atoms with Crippen LogP contribution in [0.15, 0.2) is 62.0 Å². The first-order chi connectivity index (χ1) is 14.6. The zero-order valence-corrected chi connectivity index (χ0v) is 16.1. The van der Waals surface area contributed by atoms with E-state index in [2.05, 4.69) is 33.1 Å². The first-order valence-electron chi connectivity index (χ1n) is 8.98. The molecule has 4 rings (SSSR count). The molecule has 9 nitrogen and oxygen atoms in total. The van der Waals surface area contributed by atoms with Gasteiger partial charge in [-0.15, -0.1) is 0 Å². The number of nitriles is 1. The molecule has 148 valence electrons. The number of nitrogens with zero attached hydrogens (tertiary/aromatic N) is 6. The number of rotatable bonds is 6. The van der Waals surface area contributed by atoms with Crippen LogP contribution >= 0.6 is 0 Å². The quantitative estimate of drug-likeness (QED) is 0.499. The first kappa shape index (κ1) is 18.9. The maximum absolute atomic E-state index is 11.5. The Morgan fingerprint density at radius 1 is 1.23 bits per heavy atom. The minimum Gasteiger partial charge on any atom is -0.487 e. The molecule has 9 heteroatoms. The molecule has 0 aliphatic rings. The second kappa shape index (κ2) is 7.89. The molecule has 1 amide bonds. The second-order valence-corrected chi connectivity index (χ2v) is 6.52. The van der Waals surface area contributed by atoms with Crippen molar-refractivity contribution >= 4 is 17.1 Å². The zero-order chi connectivity index (χ0) is 21.1. The minimum absolute atomic E-state index is 0.188. The van der Waals surface area contributed by atoms with E-state index in [9.17, 15) is 10.1 Å². The third kappa shape index (κ3) is 3.74. The van der Waals surface area contributed by atoms with Gasteiger partial charge in [-0.25, -0.2) is 4.52 Å². The molecule has 0 aliphatic carbocycles. The Hall–Kier alpha value is -4.45. The molecule has 30 heavy (non-hydrogen) atoms. The number of aryl methyl sites for hydroxylation is 1. The first-order valence-corrected chi connectivity index (χ1v) is 8.98. The summed E-state index contributed by atoms with van der Waals surface area (Å²) in [5.41, 5.74) is 4.02. The van der Waals surface area contributed by atoms with Crippen LogP contribution < -0.4 is 10.1 Å². The maximum atomic E-state index is 11.5. The van der Waals surface area contributed by atoms with Crippen molar-refractivity contribution in [3.05, 3.63) is 73.1 Å². The molecule has 0 aliphatic heterocycles. The van der Waals surface area contributed by atoms with Crippen LogP contribution in [0.4, 0.5) is 5.69 Å². The van der Waals surface area contributed by atoms with E-state index in [1.54, 1.807) is 27.7 Å². The van der Waals surface area contributed by atoms with Crippen LogP contribution in [-0.2, 0) is 18.4 Å². The molecule has 0 fully saturated rings. The molecule has 0 saturated heterocycles. The fraction of sp³-hybridized carbons (Fsp3) is 0.0952. The topological polar surface area (TPSA) is 110 Å². The molecule has 0 radical (unpaired) electrons. The molecule has 4 aromatic rings. The van der Waals surface area contributed by atoms with Crippen molar-refractivity contribution in [3.63, 3.8) is 0 Å². The van der Waals surface area contributed by atoms with Crippen molar-refractivity contribution in [2.75, 3.05) is 5.32 Å². The van der Waals surface area contributed by atoms with Crippen molar-refractivity contribution < 1.29 is 9.53 Å². The van der Waals surface area contributed by atoms with E-state index in [-0.39, 0.29) is 12.5 Å². The normalized spacial score (nSPS) is 10.5. The molecule has 0 unspecified atom stereocenters. The molecule has 0 atom stereocenters. The van der Waals surface area contributed by atoms with Gasteiger partial charge in [0, 0.05) is 42.3 Å². The van der Waals surface area contributed by atoms with Gasteiger partial charge in [0.2, 0.25) is 5.91 Å². The van der Waals surface area contributed by atoms with Crippen molar-refractivity contribution in [1.82, 2.24) is 24.4 Å². The van der Waals surface area contributed by atoms with Crippen LogP contribution in [0.2, 0.25) is 0 Å². The number of ether oxygens (including phenoxy) is 1. The Morgan fingerprint density at radius 3 is 2.83 bits per heavy atom. The SMILES string of the molecule is C=CC(=O)Nc1cncc(COc2cc(-c3cnn(C)c3)cn3ncc(C#N)c23)c1. The Labute approximate surface area is 171 Å². The van der Waals surface area contributed by atoms with E-state index in [1.807, 2.05) is 25.5 Å². The minimum atomic E-state index is -0.321. The van der Waals surface area contributed by atoms with Gasteiger partial charge in [-0.2, -0.15) is 15.5 Å². The van der Waals surface area contributed by atoms with Crippen LogP contribution in [0.1, 0.15) is 11.1 Å². The number of hydrogen-bond donors (Lipinski definition) is 1. The Morgan fingerprint density at radius 2 is 2.10 bits per heavy atom. The fourth-order valence-corrected chi connectivity index (χ4v) is 2.99. The standard InChI is InChI=1S/C21H17N7O2/c1-3-20(29)26-18-4-14(7-23-10-18)13-30-19-5-15(17-9-24-27(2)11-17)12-28-21(19)16(6-22)8-25-28/h3-5,7-12H,1,13H2,2H3,(H,26,29). The highest BCUT2D eigenvalue weighted by Gasteiger charge is 2.14. The summed E-state index contributed by atoms with van der Waals surface area (Å²) >= 11 is 0. The summed E-state index contributed by atoms with van der Waals surface area (Å²) in [6, 6.07) is 5.75. The highest BCUT2D eigenvalue weighted by atomic mass is 16.5. The maximum Gasteiger partial charge on any atom is 0.247 e. The van der Waals surface area contributed by atoms with Gasteiger partial charge in [0.25, 0.3) is 0 Å². The number of hydrogen-bond acceptors (Lipinski definition) is 6. The van der Waals surface area contributed by atoms with E-state index < -0.39 is 0 Å². The Balaban J connectivity index is 1.67. The van der Waals surface area contributed by atoms with Crippen LogP contribution in [0.25, 0.3) is 16.6 Å². The summed E-state index contributed by atoms with van der Waals surface area (Å²) in [6.07, 6.45) is 11.3. The smallest absolute Gasteiger partial charge is 0.247 e. The number of anilines is 1. The van der Waals surface area contributed by atoms with Gasteiger partial charge in [-0.05, 0) is 18.2 Å². The number of carbonyl (C=O) groups excluding carboxylic acids is 1. The number of carbonyl (C=O) groups is 1. The predicted molar refractivity (Wildman–Crippen MR) is 110 cm³/mol. The number of pyridine rings is 2. The van der Waals surface area contributed by atoms with Crippen molar-refractivity contribution in [2.24, 2.45) is 7.05 Å². The molecule has 0 spiro atoms. The summed E-state index contributed by atoms with van der Waals surface area (Å²) in [5, 5.41) is 20.6. The number of nitrogens with one attached hydrogen (secondary N) is 1. The highest BCUT2D eigenvalue weighted by molar-refractivity contribution is 5.98. The van der Waals surface area contributed by atoms with E-state index >= 15 is 0 Å². The molecular formula is C21H17N7O2. The van der Waals surface area contributed by atoms with Gasteiger partial charge in [0.1, 0.15) is 29.5 Å². The summed E-state index contributed by atoms with van der Waals surface area (Å²) in [6.45, 7) is 3.62. The number of fused-ring (bicyclic) bond motifs is 1. The highest BCUT2D eigenvalue weighted by Crippen LogP contribution is 2.30. The van der Waals surface area contributed by atoms with Gasteiger partial charge in [0.15, 0.2) is 0 Å². The summed E-state index contributed by atoms with van der Waals surface area (Å²) in [4.78, 5) is 15.6. The van der Waals surface area contributed by atoms with Crippen LogP contribution in [0.3, 0.4) is 0 Å². The van der Waals surface area contributed by atoms with Crippen LogP contribution in [0, 0.1) is 11.3 Å². The van der Waals surface area contributed by atoms with Gasteiger partial charge in [0.05, 0.1) is 24.3 Å². The lowest BCUT2D eigenvalue weighted by molar-refractivity contribution is -0.111. The second-order valence-electron chi connectivity index (χ2n) is 6.52. The fourth-order valence-electron chi connectivity index (χ4n) is 2.99. The molecule has 4 aromatic heterocycles. The average molecular weight is 399 g/mol. The van der Waals surface area contributed by atoms with E-state index in [1.165, 1.54) is 18.5 Å². The Kier molecular flexibility index (Phi) is 4.97. The molecule has 0 saturated carbocycles. The van der Waals surface area contributed by atoms with E-state index in [4.69, 9.17) is 4.74 Å².